The molecule has 2 N–H and O–H groups in total. The fourth-order valence-corrected chi connectivity index (χ4v) is 2.95. The minimum Gasteiger partial charge on any atom is -0.444 e. The first-order chi connectivity index (χ1) is 10.7. The summed E-state index contributed by atoms with van der Waals surface area (Å²) in [7, 11) is 0. The van der Waals surface area contributed by atoms with Gasteiger partial charge in [-0.1, -0.05) is 6.92 Å². The zero-order valence-corrected chi connectivity index (χ0v) is 15.6. The second kappa shape index (κ2) is 9.48. The van der Waals surface area contributed by atoms with Gasteiger partial charge >= 0.3 is 6.09 Å². The van der Waals surface area contributed by atoms with Gasteiger partial charge in [0.15, 0.2) is 0 Å². The fourth-order valence-electron chi connectivity index (χ4n) is 2.95. The number of nitrogens with zero attached hydrogens (tertiary/aromatic N) is 1. The predicted octanol–water partition coefficient (Wildman–Crippen LogP) is 3.02. The molecule has 0 spiro atoms. The predicted molar refractivity (Wildman–Crippen MR) is 93.5 cm³/mol. The molecular weight excluding hydrogens is 292 g/mol. The summed E-state index contributed by atoms with van der Waals surface area (Å²) in [6.07, 6.45) is 4.13. The fraction of sp³-hybridized carbons (Fsp3) is 0.944. The molecule has 23 heavy (non-hydrogen) atoms. The number of piperidine rings is 1. The van der Waals surface area contributed by atoms with Crippen molar-refractivity contribution in [1.29, 1.82) is 0 Å². The van der Waals surface area contributed by atoms with Gasteiger partial charge in [-0.15, -0.1) is 0 Å². The lowest BCUT2D eigenvalue weighted by atomic mass is 9.91. The molecule has 1 rings (SSSR count). The first-order valence-corrected chi connectivity index (χ1v) is 9.05. The van der Waals surface area contributed by atoms with Crippen LogP contribution in [0.2, 0.25) is 0 Å². The Balaban J connectivity index is 2.34. The number of carbonyl (C=O) groups excluding carboxylic acids is 1. The minimum atomic E-state index is -0.433. The van der Waals surface area contributed by atoms with Crippen molar-refractivity contribution in [3.05, 3.63) is 0 Å². The standard InChI is InChI=1S/C18H36N2O3/c1-14(13-21)8-6-10-19-15(2)16-9-7-11-20(12-16)17(22)23-18(3,4)5/h14-16,19,21H,6-13H2,1-5H3. The van der Waals surface area contributed by atoms with Gasteiger partial charge in [-0.25, -0.2) is 4.79 Å². The smallest absolute Gasteiger partial charge is 0.410 e. The maximum atomic E-state index is 12.2. The van der Waals surface area contributed by atoms with E-state index in [0.29, 0.717) is 17.9 Å². The van der Waals surface area contributed by atoms with E-state index in [9.17, 15) is 4.79 Å². The van der Waals surface area contributed by atoms with Crippen molar-refractivity contribution in [2.45, 2.75) is 71.9 Å². The quantitative estimate of drug-likeness (QED) is 0.705. The van der Waals surface area contributed by atoms with E-state index >= 15 is 0 Å². The monoisotopic (exact) mass is 328 g/mol. The second-order valence-electron chi connectivity index (χ2n) is 8.00. The number of hydrogen-bond acceptors (Lipinski definition) is 4. The molecule has 0 bridgehead atoms. The molecule has 0 aromatic heterocycles. The van der Waals surface area contributed by atoms with Crippen LogP contribution in [0.25, 0.3) is 0 Å². The molecule has 1 aliphatic heterocycles. The number of ether oxygens (including phenoxy) is 1. The average molecular weight is 328 g/mol. The summed E-state index contributed by atoms with van der Waals surface area (Å²) in [6, 6.07) is 0.393. The Bertz CT molecular complexity index is 355. The molecule has 0 radical (unpaired) electrons. The molecule has 0 saturated carbocycles. The van der Waals surface area contributed by atoms with Crippen LogP contribution < -0.4 is 5.32 Å². The number of likely N-dealkylation sites (tertiary alicyclic amines) is 1. The summed E-state index contributed by atoms with van der Waals surface area (Å²) in [6.45, 7) is 12.8. The van der Waals surface area contributed by atoms with Crippen LogP contribution in [-0.4, -0.2) is 54.0 Å². The highest BCUT2D eigenvalue weighted by Crippen LogP contribution is 2.22. The van der Waals surface area contributed by atoms with Crippen LogP contribution in [0.15, 0.2) is 0 Å². The molecule has 5 heteroatoms. The van der Waals surface area contributed by atoms with Crippen molar-refractivity contribution in [3.63, 3.8) is 0 Å². The highest BCUT2D eigenvalue weighted by atomic mass is 16.6. The number of aliphatic hydroxyl groups excluding tert-OH is 1. The Morgan fingerprint density at radius 2 is 2.09 bits per heavy atom. The van der Waals surface area contributed by atoms with Crippen LogP contribution in [0, 0.1) is 11.8 Å². The van der Waals surface area contributed by atoms with E-state index in [-0.39, 0.29) is 12.7 Å². The van der Waals surface area contributed by atoms with Crippen molar-refractivity contribution < 1.29 is 14.6 Å². The zero-order chi connectivity index (χ0) is 17.5. The summed E-state index contributed by atoms with van der Waals surface area (Å²) in [5.41, 5.74) is -0.433. The summed E-state index contributed by atoms with van der Waals surface area (Å²) in [4.78, 5) is 14.1. The third-order valence-corrected chi connectivity index (χ3v) is 4.47. The molecule has 1 aliphatic rings. The van der Waals surface area contributed by atoms with Gasteiger partial charge in [-0.05, 0) is 71.8 Å². The van der Waals surface area contributed by atoms with Gasteiger partial charge in [-0.2, -0.15) is 0 Å². The van der Waals surface area contributed by atoms with Gasteiger partial charge in [0.25, 0.3) is 0 Å². The van der Waals surface area contributed by atoms with Crippen molar-refractivity contribution in [1.82, 2.24) is 10.2 Å². The van der Waals surface area contributed by atoms with Crippen LogP contribution in [0.1, 0.15) is 60.3 Å². The lowest BCUT2D eigenvalue weighted by Gasteiger charge is -2.36. The second-order valence-corrected chi connectivity index (χ2v) is 8.00. The first kappa shape index (κ1) is 20.2. The van der Waals surface area contributed by atoms with E-state index in [2.05, 4.69) is 19.2 Å². The lowest BCUT2D eigenvalue weighted by molar-refractivity contribution is 0.0148. The van der Waals surface area contributed by atoms with Crippen molar-refractivity contribution >= 4 is 6.09 Å². The van der Waals surface area contributed by atoms with Gasteiger partial charge in [0.05, 0.1) is 0 Å². The highest BCUT2D eigenvalue weighted by Gasteiger charge is 2.29. The van der Waals surface area contributed by atoms with Crippen molar-refractivity contribution in [3.8, 4) is 0 Å². The van der Waals surface area contributed by atoms with E-state index < -0.39 is 5.60 Å². The number of rotatable bonds is 7. The Kier molecular flexibility index (Phi) is 8.34. The maximum absolute atomic E-state index is 12.2. The SMILES string of the molecule is CC(CO)CCCNC(C)C1CCCN(C(=O)OC(C)(C)C)C1. The van der Waals surface area contributed by atoms with Crippen LogP contribution in [0.3, 0.4) is 0 Å². The molecule has 1 fully saturated rings. The Morgan fingerprint density at radius 3 is 2.70 bits per heavy atom. The topological polar surface area (TPSA) is 61.8 Å². The number of aliphatic hydroxyl groups is 1. The molecular formula is C18H36N2O3. The molecule has 3 unspecified atom stereocenters. The van der Waals surface area contributed by atoms with Gasteiger partial charge in [0, 0.05) is 25.7 Å². The van der Waals surface area contributed by atoms with Gasteiger partial charge in [-0.3, -0.25) is 0 Å². The van der Waals surface area contributed by atoms with Crippen LogP contribution in [0.4, 0.5) is 4.79 Å². The average Bonchev–Trinajstić information content (AvgIpc) is 2.49. The van der Waals surface area contributed by atoms with Crippen molar-refractivity contribution in [2.75, 3.05) is 26.2 Å². The van der Waals surface area contributed by atoms with Crippen molar-refractivity contribution in [2.24, 2.45) is 11.8 Å². The maximum Gasteiger partial charge on any atom is 0.410 e. The summed E-state index contributed by atoms with van der Waals surface area (Å²) in [5.74, 6) is 0.857. The molecule has 5 nitrogen and oxygen atoms in total. The zero-order valence-electron chi connectivity index (χ0n) is 15.6. The van der Waals surface area contributed by atoms with E-state index in [0.717, 1.165) is 45.3 Å². The lowest BCUT2D eigenvalue weighted by Crippen LogP contribution is -2.48. The van der Waals surface area contributed by atoms with Crippen LogP contribution in [-0.2, 0) is 4.74 Å². The van der Waals surface area contributed by atoms with Gasteiger partial charge < -0.3 is 20.1 Å². The first-order valence-electron chi connectivity index (χ1n) is 9.05. The highest BCUT2D eigenvalue weighted by molar-refractivity contribution is 5.68. The largest absolute Gasteiger partial charge is 0.444 e. The number of carbonyl (C=O) groups is 1. The molecule has 3 atom stereocenters. The molecule has 1 amide bonds. The summed E-state index contributed by atoms with van der Waals surface area (Å²) >= 11 is 0. The van der Waals surface area contributed by atoms with E-state index in [1.165, 1.54) is 0 Å². The Hall–Kier alpha value is -0.810. The van der Waals surface area contributed by atoms with E-state index in [1.807, 2.05) is 25.7 Å². The Labute approximate surface area is 141 Å². The molecule has 0 aromatic rings. The minimum absolute atomic E-state index is 0.189. The van der Waals surface area contributed by atoms with Gasteiger partial charge in [0.1, 0.15) is 5.60 Å². The summed E-state index contributed by atoms with van der Waals surface area (Å²) < 4.78 is 5.49. The third-order valence-electron chi connectivity index (χ3n) is 4.47. The van der Waals surface area contributed by atoms with E-state index in [4.69, 9.17) is 9.84 Å². The molecule has 136 valence electrons. The molecule has 0 aromatic carbocycles. The number of nitrogens with one attached hydrogen (secondary N) is 1. The normalized spacial score (nSPS) is 21.8. The third kappa shape index (κ3) is 8.02. The van der Waals surface area contributed by atoms with E-state index in [1.54, 1.807) is 0 Å². The number of amides is 1. The molecule has 0 aliphatic carbocycles. The number of hydrogen-bond donors (Lipinski definition) is 2. The van der Waals surface area contributed by atoms with Gasteiger partial charge in [0.2, 0.25) is 0 Å². The van der Waals surface area contributed by atoms with Crippen LogP contribution in [0.5, 0.6) is 0 Å². The molecule has 1 heterocycles. The molecule has 1 saturated heterocycles. The van der Waals surface area contributed by atoms with Crippen LogP contribution >= 0.6 is 0 Å². The Morgan fingerprint density at radius 1 is 1.39 bits per heavy atom. The summed E-state index contributed by atoms with van der Waals surface area (Å²) in [5, 5.41) is 12.6.